The Bertz CT molecular complexity index is 4730. The zero-order valence-electron chi connectivity index (χ0n) is 60.5. The van der Waals surface area contributed by atoms with Crippen molar-refractivity contribution in [1.29, 1.82) is 0 Å². The van der Waals surface area contributed by atoms with E-state index in [9.17, 15) is 0 Å². The van der Waals surface area contributed by atoms with Gasteiger partial charge in [-0.15, -0.1) is 44.8 Å². The molecular formula is C80H94Mn2N10+2. The summed E-state index contributed by atoms with van der Waals surface area (Å²) >= 11 is 0. The fourth-order valence-corrected chi connectivity index (χ4v) is 15.5. The van der Waals surface area contributed by atoms with Crippen LogP contribution in [-0.2, 0) is 34.1 Å². The molecule has 12 rings (SSSR count). The zero-order chi connectivity index (χ0) is 65.9. The van der Waals surface area contributed by atoms with Crippen molar-refractivity contribution in [2.75, 3.05) is 0 Å². The maximum Gasteiger partial charge on any atom is 3.00 e. The van der Waals surface area contributed by atoms with Gasteiger partial charge < -0.3 is 20.3 Å². The molecule has 0 saturated carbocycles. The summed E-state index contributed by atoms with van der Waals surface area (Å²) in [7, 11) is 0. The summed E-state index contributed by atoms with van der Waals surface area (Å²) in [4.78, 5) is 47.8. The summed E-state index contributed by atoms with van der Waals surface area (Å²) in [6, 6.07) is 0.219. The third-order valence-electron chi connectivity index (χ3n) is 22.9. The van der Waals surface area contributed by atoms with E-state index in [1.54, 1.807) is 0 Å². The average molecular weight is 1310 g/mol. The van der Waals surface area contributed by atoms with E-state index < -0.39 is 0 Å². The first-order valence-electron chi connectivity index (χ1n) is 32.5. The molecule has 0 N–H and O–H groups in total. The van der Waals surface area contributed by atoms with Crippen molar-refractivity contribution < 1.29 is 34.1 Å². The minimum absolute atomic E-state index is 0. The molecule has 1 saturated heterocycles. The molecule has 476 valence electrons. The molecule has 92 heavy (non-hydrogen) atoms. The van der Waals surface area contributed by atoms with Crippen LogP contribution in [0.2, 0.25) is 0 Å². The Labute approximate surface area is 569 Å². The van der Waals surface area contributed by atoms with Crippen LogP contribution >= 0.6 is 0 Å². The number of fused-ring (bicyclic) bond motifs is 17. The number of allylic oxidation sites excluding steroid dienone is 13. The molecule has 8 aliphatic heterocycles. The Morgan fingerprint density at radius 1 is 0.239 bits per heavy atom. The Morgan fingerprint density at radius 3 is 0.783 bits per heavy atom. The zero-order valence-corrected chi connectivity index (χ0v) is 62.9. The van der Waals surface area contributed by atoms with E-state index in [2.05, 4.69) is 208 Å². The minimum Gasteiger partial charge on any atom is -0.657 e. The topological polar surface area (TPSA) is 132 Å². The van der Waals surface area contributed by atoms with Gasteiger partial charge in [-0.25, -0.2) is 29.9 Å². The maximum absolute atomic E-state index is 5.54. The summed E-state index contributed by atoms with van der Waals surface area (Å²) in [6.45, 7) is 66.0. The van der Waals surface area contributed by atoms with E-state index >= 15 is 0 Å². The number of aromatic nitrogens is 6. The van der Waals surface area contributed by atoms with Crippen molar-refractivity contribution in [3.8, 4) is 0 Å². The van der Waals surface area contributed by atoms with Gasteiger partial charge in [0, 0.05) is 11.1 Å². The van der Waals surface area contributed by atoms with Gasteiger partial charge >= 0.3 is 34.1 Å². The smallest absolute Gasteiger partial charge is 0.657 e. The molecule has 4 unspecified atom stereocenters. The predicted molar refractivity (Wildman–Crippen MR) is 383 cm³/mol. The van der Waals surface area contributed by atoms with Crippen LogP contribution in [0.4, 0.5) is 0 Å². The number of aryl methyl sites for hydroxylation is 8. The van der Waals surface area contributed by atoms with Crippen LogP contribution in [0.15, 0.2) is 82.2 Å². The Hall–Kier alpha value is -6.78. The molecule has 4 aromatic heterocycles. The number of aliphatic imine (C=N–C) groups is 3. The molecule has 0 aliphatic carbocycles. The molecule has 0 aromatic carbocycles. The van der Waals surface area contributed by atoms with Crippen LogP contribution in [0.25, 0.3) is 72.0 Å². The van der Waals surface area contributed by atoms with Crippen molar-refractivity contribution >= 4 is 83.8 Å². The van der Waals surface area contributed by atoms with Gasteiger partial charge in [-0.3, -0.25) is 0 Å². The van der Waals surface area contributed by atoms with Crippen molar-refractivity contribution in [3.63, 3.8) is 0 Å². The quantitative estimate of drug-likeness (QED) is 0.161. The van der Waals surface area contributed by atoms with Gasteiger partial charge in [-0.05, 0) is 294 Å². The van der Waals surface area contributed by atoms with Crippen LogP contribution in [0.5, 0.6) is 0 Å². The fraction of sp³-hybridized carbons (Fsp3) is 0.425. The van der Waals surface area contributed by atoms with E-state index in [0.29, 0.717) is 11.8 Å². The molecule has 12 heteroatoms. The van der Waals surface area contributed by atoms with Crippen LogP contribution < -0.4 is 25.7 Å². The summed E-state index contributed by atoms with van der Waals surface area (Å²) < 4.78 is 0. The van der Waals surface area contributed by atoms with Crippen LogP contribution in [0, 0.1) is 88.0 Å². The normalized spacial score (nSPS) is 20.5. The molecule has 1 fully saturated rings. The average Bonchev–Trinajstić information content (AvgIpc) is 1.61. The third-order valence-corrected chi connectivity index (χ3v) is 22.9. The monoisotopic (exact) mass is 1300 g/mol. The SMILES string of the molecule is CC1=C(C)C2=C(C)C3=NC(=C(C)C4[N-]C(C(C)=C5N=C(C(C)=C5C)C(C)=c5[n-]c(c(C)c5C)=C(C)C1=N2)C(C)C4C)C(C)=C3C.CC1=C(C)c2nc1c(C)c1nc(c(C)c3[n-]c(c(C)c4nc(c(C)c5[n-]c(c2C)c(C)c5C)C(C)=C4C)c(C)c3C)C(C)=C1C.[Mn+3].[Mn+3]. The van der Waals surface area contributed by atoms with Crippen LogP contribution in [-0.4, -0.2) is 44.2 Å². The molecule has 0 spiro atoms. The largest absolute Gasteiger partial charge is 3.00 e. The standard InChI is InChI=1S/C40H49N5.C40H45N5.2Mn/c2*1-16-17(2)32-27(12)34-20(5)21(6)36(43-34)29(14)38-24(9)25(10)40(45-38)30(15)39-23(8)22(7)37(44-39)28(13)35-19(4)18(3)33(42-35)26(11)31(16)41-32;;/h16-17,31-32H,1-15H3;1-15H3;;/q2*-2;2*+3. The number of nitrogens with zero attached hydrogens (tertiary/aromatic N) is 10. The summed E-state index contributed by atoms with van der Waals surface area (Å²) in [5.74, 6) is 0.793. The first kappa shape index (κ1) is 69.6. The van der Waals surface area contributed by atoms with Crippen molar-refractivity contribution in [3.05, 3.63) is 179 Å². The van der Waals surface area contributed by atoms with Gasteiger partial charge in [0.05, 0.1) is 68.4 Å². The molecule has 4 atom stereocenters. The molecule has 12 heterocycles. The summed E-state index contributed by atoms with van der Waals surface area (Å²) in [5, 5.41) is 7.59. The first-order valence-corrected chi connectivity index (χ1v) is 32.5. The van der Waals surface area contributed by atoms with Crippen molar-refractivity contribution in [2.45, 2.75) is 220 Å². The van der Waals surface area contributed by atoms with E-state index in [4.69, 9.17) is 50.2 Å². The van der Waals surface area contributed by atoms with E-state index in [1.165, 1.54) is 111 Å². The number of hydrogen-bond donors (Lipinski definition) is 0. The Morgan fingerprint density at radius 2 is 0.489 bits per heavy atom. The summed E-state index contributed by atoms with van der Waals surface area (Å²) in [5.41, 5.74) is 49.6. The second kappa shape index (κ2) is 24.8. The molecule has 4 aromatic rings. The van der Waals surface area contributed by atoms with Gasteiger partial charge in [0.15, 0.2) is 0 Å². The maximum atomic E-state index is 5.54. The molecule has 10 nitrogen and oxygen atoms in total. The Kier molecular flexibility index (Phi) is 18.8. The first-order chi connectivity index (χ1) is 42.2. The third kappa shape index (κ3) is 10.3. The fourth-order valence-electron chi connectivity index (χ4n) is 15.5. The molecule has 20 bridgehead atoms. The second-order valence-corrected chi connectivity index (χ2v) is 27.7. The van der Waals surface area contributed by atoms with Gasteiger partial charge in [0.1, 0.15) is 0 Å². The molecule has 0 radical (unpaired) electrons. The minimum atomic E-state index is 0. The van der Waals surface area contributed by atoms with Gasteiger partial charge in [0.25, 0.3) is 0 Å². The Balaban J connectivity index is 0.000000213. The van der Waals surface area contributed by atoms with Crippen molar-refractivity contribution in [1.82, 2.24) is 29.9 Å². The number of hydrogen-bond acceptors (Lipinski definition) is 6. The van der Waals surface area contributed by atoms with Crippen LogP contribution in [0.3, 0.4) is 0 Å². The van der Waals surface area contributed by atoms with Crippen molar-refractivity contribution in [2.24, 2.45) is 26.8 Å². The van der Waals surface area contributed by atoms with E-state index in [0.717, 1.165) is 146 Å². The van der Waals surface area contributed by atoms with Gasteiger partial charge in [0.2, 0.25) is 0 Å². The van der Waals surface area contributed by atoms with E-state index in [-0.39, 0.29) is 46.2 Å². The van der Waals surface area contributed by atoms with Crippen LogP contribution in [0.1, 0.15) is 227 Å². The summed E-state index contributed by atoms with van der Waals surface area (Å²) in [6.07, 6.45) is 0. The molecular weight excluding hydrogens is 1210 g/mol. The number of rotatable bonds is 0. The van der Waals surface area contributed by atoms with Gasteiger partial charge in [-0.1, -0.05) is 70.2 Å². The van der Waals surface area contributed by atoms with E-state index in [1.807, 2.05) is 0 Å². The molecule has 0 amide bonds. The predicted octanol–water partition coefficient (Wildman–Crippen LogP) is 18.2. The van der Waals surface area contributed by atoms with Gasteiger partial charge in [-0.2, -0.15) is 0 Å². The second-order valence-electron chi connectivity index (χ2n) is 27.7. The molecule has 8 aliphatic rings.